The molecule has 19 heavy (non-hydrogen) atoms. The Morgan fingerprint density at radius 2 is 2.11 bits per heavy atom. The summed E-state index contributed by atoms with van der Waals surface area (Å²) in [6.45, 7) is 5.17. The molecule has 1 heterocycles. The Hall–Kier alpha value is -1.57. The fourth-order valence-electron chi connectivity index (χ4n) is 2.64. The highest BCUT2D eigenvalue weighted by atomic mass is 16.3. The van der Waals surface area contributed by atoms with Crippen LogP contribution in [0.25, 0.3) is 0 Å². The van der Waals surface area contributed by atoms with Gasteiger partial charge in [0.15, 0.2) is 0 Å². The van der Waals surface area contributed by atoms with Crippen molar-refractivity contribution >= 4 is 5.69 Å². The summed E-state index contributed by atoms with van der Waals surface area (Å²) < 4.78 is 0. The summed E-state index contributed by atoms with van der Waals surface area (Å²) in [6.07, 6.45) is 0.0562. The molecule has 3 atom stereocenters. The number of hydrogen-bond acceptors (Lipinski definition) is 4. The van der Waals surface area contributed by atoms with Gasteiger partial charge >= 0.3 is 0 Å². The summed E-state index contributed by atoms with van der Waals surface area (Å²) in [4.78, 5) is 2.15. The number of hydrogen-bond donors (Lipinski definition) is 2. The van der Waals surface area contributed by atoms with E-state index in [2.05, 4.69) is 11.0 Å². The lowest BCUT2D eigenvalue weighted by Gasteiger charge is -2.24. The Labute approximate surface area is 113 Å². The van der Waals surface area contributed by atoms with E-state index in [9.17, 15) is 10.2 Å². The van der Waals surface area contributed by atoms with Crippen molar-refractivity contribution in [3.8, 4) is 6.07 Å². The lowest BCUT2D eigenvalue weighted by atomic mass is 10.0. The minimum absolute atomic E-state index is 0.257. The third-order valence-corrected chi connectivity index (χ3v) is 3.86. The third kappa shape index (κ3) is 2.89. The van der Waals surface area contributed by atoms with E-state index in [1.807, 2.05) is 19.1 Å². The average Bonchev–Trinajstić information content (AvgIpc) is 2.87. The third-order valence-electron chi connectivity index (χ3n) is 3.86. The first-order chi connectivity index (χ1) is 9.02. The van der Waals surface area contributed by atoms with Crippen LogP contribution in [0, 0.1) is 17.2 Å². The lowest BCUT2D eigenvalue weighted by Crippen LogP contribution is -2.25. The number of aliphatic hydroxyl groups is 2. The van der Waals surface area contributed by atoms with Gasteiger partial charge in [-0.25, -0.2) is 0 Å². The second kappa shape index (κ2) is 5.60. The minimum atomic E-state index is -0.562. The first-order valence-electron chi connectivity index (χ1n) is 6.68. The number of nitrogens with zero attached hydrogens (tertiary/aromatic N) is 2. The van der Waals surface area contributed by atoms with Crippen LogP contribution in [0.3, 0.4) is 0 Å². The molecule has 1 aliphatic rings. The van der Waals surface area contributed by atoms with Crippen LogP contribution >= 0.6 is 0 Å². The van der Waals surface area contributed by atoms with E-state index in [0.29, 0.717) is 5.56 Å². The van der Waals surface area contributed by atoms with Gasteiger partial charge in [0.05, 0.1) is 23.8 Å². The Bertz CT molecular complexity index is 491. The van der Waals surface area contributed by atoms with Gasteiger partial charge in [-0.2, -0.15) is 5.26 Å². The van der Waals surface area contributed by atoms with Crippen molar-refractivity contribution in [2.75, 3.05) is 18.0 Å². The van der Waals surface area contributed by atoms with E-state index in [4.69, 9.17) is 5.26 Å². The summed E-state index contributed by atoms with van der Waals surface area (Å²) in [5.41, 5.74) is 2.35. The zero-order valence-electron chi connectivity index (χ0n) is 11.4. The standard InChI is InChI=1S/C15H20N2O2/c1-10(18)13-5-6-17(9-13)15-7-12(8-16)3-4-14(15)11(2)19/h3-4,7,10-11,13,18-19H,5-6,9H2,1-2H3/t10?,11-,13?/m1/s1. The Kier molecular flexibility index (Phi) is 4.08. The fourth-order valence-corrected chi connectivity index (χ4v) is 2.64. The minimum Gasteiger partial charge on any atom is -0.393 e. The maximum atomic E-state index is 9.84. The topological polar surface area (TPSA) is 67.5 Å². The van der Waals surface area contributed by atoms with Crippen LogP contribution in [0.2, 0.25) is 0 Å². The molecule has 0 aromatic heterocycles. The highest BCUT2D eigenvalue weighted by Crippen LogP contribution is 2.32. The monoisotopic (exact) mass is 260 g/mol. The molecule has 0 radical (unpaired) electrons. The van der Waals surface area contributed by atoms with Crippen LogP contribution in [0.5, 0.6) is 0 Å². The van der Waals surface area contributed by atoms with Crippen molar-refractivity contribution in [3.05, 3.63) is 29.3 Å². The molecule has 0 spiro atoms. The zero-order valence-corrected chi connectivity index (χ0v) is 11.4. The van der Waals surface area contributed by atoms with Crippen molar-refractivity contribution in [3.63, 3.8) is 0 Å². The molecule has 2 unspecified atom stereocenters. The number of anilines is 1. The van der Waals surface area contributed by atoms with E-state index in [1.165, 1.54) is 0 Å². The summed E-state index contributed by atoms with van der Waals surface area (Å²) >= 11 is 0. The summed E-state index contributed by atoms with van der Waals surface area (Å²) in [7, 11) is 0. The van der Waals surface area contributed by atoms with Crippen LogP contribution in [-0.2, 0) is 0 Å². The van der Waals surface area contributed by atoms with Gasteiger partial charge in [-0.05, 0) is 32.4 Å². The van der Waals surface area contributed by atoms with Crippen molar-refractivity contribution in [2.24, 2.45) is 5.92 Å². The van der Waals surface area contributed by atoms with Crippen LogP contribution in [0.4, 0.5) is 5.69 Å². The molecule has 1 aliphatic heterocycles. The van der Waals surface area contributed by atoms with Crippen LogP contribution in [0.15, 0.2) is 18.2 Å². The highest BCUT2D eigenvalue weighted by molar-refractivity contribution is 5.59. The molecule has 1 aromatic rings. The van der Waals surface area contributed by atoms with E-state index in [1.54, 1.807) is 13.0 Å². The fraction of sp³-hybridized carbons (Fsp3) is 0.533. The van der Waals surface area contributed by atoms with E-state index < -0.39 is 6.10 Å². The number of nitriles is 1. The second-order valence-electron chi connectivity index (χ2n) is 5.30. The molecule has 102 valence electrons. The molecular weight excluding hydrogens is 240 g/mol. The quantitative estimate of drug-likeness (QED) is 0.870. The second-order valence-corrected chi connectivity index (χ2v) is 5.30. The smallest absolute Gasteiger partial charge is 0.0992 e. The normalized spacial score (nSPS) is 22.1. The van der Waals surface area contributed by atoms with E-state index in [0.717, 1.165) is 30.8 Å². The van der Waals surface area contributed by atoms with Gasteiger partial charge in [0.25, 0.3) is 0 Å². The largest absolute Gasteiger partial charge is 0.393 e. The molecule has 1 saturated heterocycles. The predicted octanol–water partition coefficient (Wildman–Crippen LogP) is 1.82. The van der Waals surface area contributed by atoms with Crippen molar-refractivity contribution < 1.29 is 10.2 Å². The lowest BCUT2D eigenvalue weighted by molar-refractivity contribution is 0.136. The van der Waals surface area contributed by atoms with Gasteiger partial charge in [-0.15, -0.1) is 0 Å². The van der Waals surface area contributed by atoms with Crippen molar-refractivity contribution in [2.45, 2.75) is 32.5 Å². The molecule has 1 fully saturated rings. The molecule has 0 aliphatic carbocycles. The van der Waals surface area contributed by atoms with Crippen molar-refractivity contribution in [1.82, 2.24) is 0 Å². The van der Waals surface area contributed by atoms with Gasteiger partial charge in [-0.1, -0.05) is 6.07 Å². The molecule has 4 nitrogen and oxygen atoms in total. The molecule has 4 heteroatoms. The van der Waals surface area contributed by atoms with E-state index >= 15 is 0 Å². The summed E-state index contributed by atoms with van der Waals surface area (Å²) in [5.74, 6) is 0.257. The van der Waals surface area contributed by atoms with Gasteiger partial charge in [0.1, 0.15) is 0 Å². The Balaban J connectivity index is 2.31. The molecule has 1 aromatic carbocycles. The summed E-state index contributed by atoms with van der Waals surface area (Å²) in [5, 5.41) is 28.5. The van der Waals surface area contributed by atoms with Crippen LogP contribution in [0.1, 0.15) is 37.5 Å². The van der Waals surface area contributed by atoms with Crippen molar-refractivity contribution in [1.29, 1.82) is 5.26 Å². The highest BCUT2D eigenvalue weighted by Gasteiger charge is 2.28. The molecule has 2 N–H and O–H groups in total. The Morgan fingerprint density at radius 1 is 1.37 bits per heavy atom. The number of rotatable bonds is 3. The number of benzene rings is 1. The van der Waals surface area contributed by atoms with Gasteiger partial charge in [-0.3, -0.25) is 0 Å². The SMILES string of the molecule is CC(O)C1CCN(c2cc(C#N)ccc2[C@@H](C)O)C1. The first kappa shape index (κ1) is 13.9. The maximum Gasteiger partial charge on any atom is 0.0992 e. The molecule has 0 bridgehead atoms. The van der Waals surface area contributed by atoms with Gasteiger partial charge < -0.3 is 15.1 Å². The molecule has 0 amide bonds. The maximum absolute atomic E-state index is 9.84. The van der Waals surface area contributed by atoms with Gasteiger partial charge in [0.2, 0.25) is 0 Å². The van der Waals surface area contributed by atoms with E-state index in [-0.39, 0.29) is 12.0 Å². The first-order valence-corrected chi connectivity index (χ1v) is 6.68. The summed E-state index contributed by atoms with van der Waals surface area (Å²) in [6, 6.07) is 7.50. The van der Waals surface area contributed by atoms with Gasteiger partial charge in [0, 0.05) is 30.3 Å². The molecule has 2 rings (SSSR count). The number of aliphatic hydroxyl groups excluding tert-OH is 2. The molecular formula is C15H20N2O2. The molecule has 0 saturated carbocycles. The average molecular weight is 260 g/mol. The zero-order chi connectivity index (χ0) is 14.0. The van der Waals surface area contributed by atoms with Crippen LogP contribution < -0.4 is 4.90 Å². The predicted molar refractivity (Wildman–Crippen MR) is 73.8 cm³/mol. The van der Waals surface area contributed by atoms with Crippen LogP contribution in [-0.4, -0.2) is 29.4 Å². The Morgan fingerprint density at radius 3 is 2.63 bits per heavy atom.